The number of benzene rings is 1. The molecule has 0 aromatic heterocycles. The summed E-state index contributed by atoms with van der Waals surface area (Å²) in [6.45, 7) is 0. The second-order valence-corrected chi connectivity index (χ2v) is 5.02. The normalized spacial score (nSPS) is 14.7. The second-order valence-electron chi connectivity index (χ2n) is 5.02. The Balaban J connectivity index is 3.59. The highest BCUT2D eigenvalue weighted by atomic mass is 19.4. The Morgan fingerprint density at radius 1 is 0.731 bits per heavy atom. The van der Waals surface area contributed by atoms with E-state index in [2.05, 4.69) is 0 Å². The van der Waals surface area contributed by atoms with E-state index in [4.69, 9.17) is 0 Å². The molecule has 150 valence electrons. The van der Waals surface area contributed by atoms with Gasteiger partial charge in [-0.2, -0.15) is 43.9 Å². The van der Waals surface area contributed by atoms with Crippen LogP contribution in [0.4, 0.5) is 58.4 Å². The average molecular weight is 407 g/mol. The molecule has 0 radical (unpaired) electrons. The Morgan fingerprint density at radius 2 is 1.19 bits per heavy atom. The quantitative estimate of drug-likeness (QED) is 0.578. The van der Waals surface area contributed by atoms with Gasteiger partial charge in [0.15, 0.2) is 0 Å². The van der Waals surface area contributed by atoms with Crippen molar-refractivity contribution in [1.82, 2.24) is 0 Å². The summed E-state index contributed by atoms with van der Waals surface area (Å²) in [6.07, 6.45) is -5.52. The Morgan fingerprint density at radius 3 is 1.62 bits per heavy atom. The molecule has 0 saturated heterocycles. The maximum absolute atomic E-state index is 14.0. The van der Waals surface area contributed by atoms with Crippen LogP contribution < -0.4 is 5.32 Å². The van der Waals surface area contributed by atoms with Crippen LogP contribution in [-0.2, 0) is 5.92 Å². The highest BCUT2D eigenvalue weighted by Crippen LogP contribution is 2.60. The average Bonchev–Trinajstić information content (AvgIpc) is 2.53. The maximum Gasteiger partial charge on any atom is 0.385 e. The summed E-state index contributed by atoms with van der Waals surface area (Å²) in [6, 6.07) is 2.48. The standard InChI is InChI=1S/C13H9F12N/c1-26-7-5-3-2-4-6(7)9(16,17)11(20,21)13(24,25)12(22,23)10(18,19)8(14)15/h2-5,8,26H,1H3. The molecule has 0 aliphatic carbocycles. The van der Waals surface area contributed by atoms with Crippen molar-refractivity contribution in [3.8, 4) is 0 Å². The topological polar surface area (TPSA) is 12.0 Å². The predicted octanol–water partition coefficient (Wildman–Crippen LogP) is 5.63. The number of halogens is 12. The molecule has 0 aliphatic rings. The summed E-state index contributed by atoms with van der Waals surface area (Å²) in [5, 5.41) is 1.90. The molecule has 1 aromatic rings. The van der Waals surface area contributed by atoms with Gasteiger partial charge < -0.3 is 5.32 Å². The van der Waals surface area contributed by atoms with Gasteiger partial charge in [0.1, 0.15) is 0 Å². The number of hydrogen-bond donors (Lipinski definition) is 1. The lowest BCUT2D eigenvalue weighted by Crippen LogP contribution is -2.67. The molecule has 0 spiro atoms. The molecule has 0 amide bonds. The van der Waals surface area contributed by atoms with Crippen LogP contribution in [-0.4, -0.2) is 37.2 Å². The Labute approximate surface area is 138 Å². The minimum absolute atomic E-state index is 0.152. The van der Waals surface area contributed by atoms with Crippen molar-refractivity contribution >= 4 is 5.69 Å². The molecule has 0 unspecified atom stereocenters. The van der Waals surface area contributed by atoms with Gasteiger partial charge in [0, 0.05) is 12.7 Å². The first-order valence-electron chi connectivity index (χ1n) is 6.44. The van der Waals surface area contributed by atoms with Gasteiger partial charge in [-0.1, -0.05) is 18.2 Å². The molecule has 0 heterocycles. The summed E-state index contributed by atoms with van der Waals surface area (Å²) in [5.74, 6) is -35.3. The third-order valence-corrected chi connectivity index (χ3v) is 3.41. The van der Waals surface area contributed by atoms with Crippen LogP contribution in [0.1, 0.15) is 5.56 Å². The third-order valence-electron chi connectivity index (χ3n) is 3.41. The fraction of sp³-hybridized carbons (Fsp3) is 0.538. The van der Waals surface area contributed by atoms with E-state index in [0.29, 0.717) is 12.1 Å². The van der Waals surface area contributed by atoms with Crippen molar-refractivity contribution in [2.45, 2.75) is 36.0 Å². The van der Waals surface area contributed by atoms with Crippen LogP contribution in [0.3, 0.4) is 0 Å². The Kier molecular flexibility index (Phi) is 5.48. The molecule has 0 aliphatic heterocycles. The third kappa shape index (κ3) is 2.84. The molecular weight excluding hydrogens is 398 g/mol. The van der Waals surface area contributed by atoms with Crippen LogP contribution in [0.25, 0.3) is 0 Å². The highest BCUT2D eigenvalue weighted by molar-refractivity contribution is 5.53. The van der Waals surface area contributed by atoms with Gasteiger partial charge in [0.05, 0.1) is 5.56 Å². The monoisotopic (exact) mass is 407 g/mol. The number of rotatable bonds is 7. The van der Waals surface area contributed by atoms with Gasteiger partial charge in [-0.25, -0.2) is 8.78 Å². The zero-order chi connectivity index (χ0) is 20.8. The van der Waals surface area contributed by atoms with E-state index in [1.54, 1.807) is 0 Å². The van der Waals surface area contributed by atoms with Crippen molar-refractivity contribution in [2.75, 3.05) is 12.4 Å². The van der Waals surface area contributed by atoms with Crippen molar-refractivity contribution < 1.29 is 52.7 Å². The Bertz CT molecular complexity index is 640. The van der Waals surface area contributed by atoms with E-state index in [0.717, 1.165) is 13.1 Å². The molecule has 1 aromatic carbocycles. The van der Waals surface area contributed by atoms with Crippen molar-refractivity contribution in [2.24, 2.45) is 0 Å². The highest BCUT2D eigenvalue weighted by Gasteiger charge is 2.88. The largest absolute Gasteiger partial charge is 0.388 e. The van der Waals surface area contributed by atoms with Crippen LogP contribution in [0, 0.1) is 0 Å². The van der Waals surface area contributed by atoms with Gasteiger partial charge in [-0.05, 0) is 6.07 Å². The maximum atomic E-state index is 14.0. The molecule has 26 heavy (non-hydrogen) atoms. The lowest BCUT2D eigenvalue weighted by atomic mass is 9.90. The first kappa shape index (κ1) is 22.2. The smallest absolute Gasteiger partial charge is 0.385 e. The summed E-state index contributed by atoms with van der Waals surface area (Å²) < 4.78 is 158. The van der Waals surface area contributed by atoms with Crippen LogP contribution in [0.5, 0.6) is 0 Å². The molecular formula is C13H9F12N. The first-order valence-corrected chi connectivity index (χ1v) is 6.44. The summed E-state index contributed by atoms with van der Waals surface area (Å²) >= 11 is 0. The van der Waals surface area contributed by atoms with Crippen molar-refractivity contribution in [3.05, 3.63) is 29.8 Å². The first-order chi connectivity index (χ1) is 11.5. The van der Waals surface area contributed by atoms with E-state index in [1.165, 1.54) is 0 Å². The van der Waals surface area contributed by atoms with E-state index in [9.17, 15) is 52.7 Å². The van der Waals surface area contributed by atoms with Crippen LogP contribution >= 0.6 is 0 Å². The minimum Gasteiger partial charge on any atom is -0.388 e. The zero-order valence-electron chi connectivity index (χ0n) is 12.4. The van der Waals surface area contributed by atoms with Crippen LogP contribution in [0.15, 0.2) is 24.3 Å². The fourth-order valence-corrected chi connectivity index (χ4v) is 1.88. The molecule has 0 fully saturated rings. The second kappa shape index (κ2) is 6.41. The Hall–Kier alpha value is -1.82. The van der Waals surface area contributed by atoms with Crippen molar-refractivity contribution in [3.63, 3.8) is 0 Å². The SMILES string of the molecule is CNc1ccccc1C(F)(F)C(F)(F)C(F)(F)C(F)(F)C(F)(F)C(F)F. The lowest BCUT2D eigenvalue weighted by molar-refractivity contribution is -0.415. The summed E-state index contributed by atoms with van der Waals surface area (Å²) in [7, 11) is 0.894. The number of nitrogens with one attached hydrogen (secondary N) is 1. The van der Waals surface area contributed by atoms with Gasteiger partial charge in [0.2, 0.25) is 0 Å². The predicted molar refractivity (Wildman–Crippen MR) is 65.7 cm³/mol. The van der Waals surface area contributed by atoms with Gasteiger partial charge in [0.25, 0.3) is 0 Å². The number of anilines is 1. The molecule has 1 N–H and O–H groups in total. The van der Waals surface area contributed by atoms with Gasteiger partial charge >= 0.3 is 36.0 Å². The van der Waals surface area contributed by atoms with Crippen molar-refractivity contribution in [1.29, 1.82) is 0 Å². The molecule has 0 atom stereocenters. The van der Waals surface area contributed by atoms with E-state index < -0.39 is 47.3 Å². The zero-order valence-corrected chi connectivity index (χ0v) is 12.4. The molecule has 0 saturated carbocycles. The fourth-order valence-electron chi connectivity index (χ4n) is 1.88. The number of para-hydroxylation sites is 1. The number of alkyl halides is 12. The van der Waals surface area contributed by atoms with E-state index in [1.807, 2.05) is 5.32 Å². The molecule has 13 heteroatoms. The molecule has 1 rings (SSSR count). The molecule has 0 bridgehead atoms. The van der Waals surface area contributed by atoms with Gasteiger partial charge in [-0.15, -0.1) is 0 Å². The van der Waals surface area contributed by atoms with E-state index >= 15 is 0 Å². The minimum atomic E-state index is -7.54. The molecule has 1 nitrogen and oxygen atoms in total. The van der Waals surface area contributed by atoms with Crippen LogP contribution in [0.2, 0.25) is 0 Å². The van der Waals surface area contributed by atoms with Gasteiger partial charge in [-0.3, -0.25) is 0 Å². The number of hydrogen-bond acceptors (Lipinski definition) is 1. The summed E-state index contributed by atoms with van der Waals surface area (Å²) in [4.78, 5) is 0. The lowest BCUT2D eigenvalue weighted by Gasteiger charge is -2.39. The van der Waals surface area contributed by atoms with E-state index in [-0.39, 0.29) is 6.07 Å². The summed E-state index contributed by atoms with van der Waals surface area (Å²) in [5.41, 5.74) is -2.83.